The highest BCUT2D eigenvalue weighted by atomic mass is 35.5. The van der Waals surface area contributed by atoms with Crippen molar-refractivity contribution in [2.45, 2.75) is 30.8 Å². The molecule has 0 saturated heterocycles. The number of carbonyl (C=O) groups excluding carboxylic acids is 1. The van der Waals surface area contributed by atoms with E-state index in [9.17, 15) is 13.2 Å². The number of benzene rings is 1. The molecule has 0 fully saturated rings. The second-order valence-corrected chi connectivity index (χ2v) is 8.14. The van der Waals surface area contributed by atoms with Crippen molar-refractivity contribution in [1.29, 1.82) is 0 Å². The number of nitrogens with zero attached hydrogens (tertiary/aromatic N) is 1. The lowest BCUT2D eigenvalue weighted by molar-refractivity contribution is -0.134. The average molecular weight is 367 g/mol. The SMILES string of the molecule is CC(C)[C@H](N)C(=O)N(C)C1CS(=O)(=O)c2ccc(Cl)cc21.Cl. The number of halogens is 2. The number of fused-ring (bicyclic) bond motifs is 1. The Morgan fingerprint density at radius 2 is 2.00 bits per heavy atom. The van der Waals surface area contributed by atoms with Crippen LogP contribution in [0.4, 0.5) is 0 Å². The number of hydrogen-bond acceptors (Lipinski definition) is 4. The van der Waals surface area contributed by atoms with Crippen molar-refractivity contribution in [1.82, 2.24) is 4.90 Å². The van der Waals surface area contributed by atoms with Gasteiger partial charge in [0.1, 0.15) is 0 Å². The molecule has 0 spiro atoms. The molecule has 0 radical (unpaired) electrons. The standard InChI is InChI=1S/C14H19ClN2O3S.ClH/c1-8(2)13(16)14(18)17(3)11-7-21(19,20)12-5-4-9(15)6-10(11)12;/h4-6,8,11,13H,7,16H2,1-3H3;1H/t11?,13-;/m0./s1. The van der Waals surface area contributed by atoms with E-state index in [1.807, 2.05) is 13.8 Å². The third kappa shape index (κ3) is 3.40. The zero-order chi connectivity index (χ0) is 15.9. The van der Waals surface area contributed by atoms with Crippen LogP contribution in [0.1, 0.15) is 25.5 Å². The van der Waals surface area contributed by atoms with Gasteiger partial charge in [-0.2, -0.15) is 0 Å². The summed E-state index contributed by atoms with van der Waals surface area (Å²) in [5, 5.41) is 0.449. The molecule has 2 atom stereocenters. The van der Waals surface area contributed by atoms with Gasteiger partial charge in [0.25, 0.3) is 0 Å². The fourth-order valence-electron chi connectivity index (χ4n) is 2.44. The Bertz CT molecular complexity index is 677. The van der Waals surface area contributed by atoms with Gasteiger partial charge in [0.2, 0.25) is 5.91 Å². The Labute approximate surface area is 142 Å². The predicted octanol–water partition coefficient (Wildman–Crippen LogP) is 2.03. The van der Waals surface area contributed by atoms with Crippen molar-refractivity contribution in [3.63, 3.8) is 0 Å². The molecule has 2 rings (SSSR count). The first kappa shape index (κ1) is 19.2. The van der Waals surface area contributed by atoms with Crippen LogP contribution in [0.5, 0.6) is 0 Å². The van der Waals surface area contributed by atoms with E-state index in [2.05, 4.69) is 0 Å². The Morgan fingerprint density at radius 1 is 1.41 bits per heavy atom. The molecule has 2 N–H and O–H groups in total. The Kier molecular flexibility index (Phi) is 5.89. The highest BCUT2D eigenvalue weighted by Gasteiger charge is 2.39. The lowest BCUT2D eigenvalue weighted by Gasteiger charge is -2.28. The molecule has 1 unspecified atom stereocenters. The molecule has 1 amide bonds. The van der Waals surface area contributed by atoms with Crippen molar-refractivity contribution in [3.8, 4) is 0 Å². The van der Waals surface area contributed by atoms with Crippen molar-refractivity contribution in [2.24, 2.45) is 11.7 Å². The highest BCUT2D eigenvalue weighted by molar-refractivity contribution is 7.91. The number of likely N-dealkylation sites (N-methyl/N-ethyl adjacent to an activating group) is 1. The highest BCUT2D eigenvalue weighted by Crippen LogP contribution is 2.38. The van der Waals surface area contributed by atoms with Crippen LogP contribution in [-0.4, -0.2) is 38.1 Å². The first-order valence-electron chi connectivity index (χ1n) is 6.69. The van der Waals surface area contributed by atoms with E-state index in [4.69, 9.17) is 17.3 Å². The lowest BCUT2D eigenvalue weighted by Crippen LogP contribution is -2.46. The van der Waals surface area contributed by atoms with E-state index in [1.165, 1.54) is 11.0 Å². The Morgan fingerprint density at radius 3 is 2.55 bits per heavy atom. The van der Waals surface area contributed by atoms with Crippen LogP contribution in [0, 0.1) is 5.92 Å². The van der Waals surface area contributed by atoms with Gasteiger partial charge in [-0.25, -0.2) is 8.42 Å². The fourth-order valence-corrected chi connectivity index (χ4v) is 4.45. The second kappa shape index (κ2) is 6.74. The zero-order valence-electron chi connectivity index (χ0n) is 12.6. The average Bonchev–Trinajstić information content (AvgIpc) is 2.67. The van der Waals surface area contributed by atoms with Gasteiger partial charge in [0, 0.05) is 12.1 Å². The van der Waals surface area contributed by atoms with Gasteiger partial charge < -0.3 is 10.6 Å². The number of sulfone groups is 1. The number of carbonyl (C=O) groups is 1. The normalized spacial score (nSPS) is 20.2. The minimum absolute atomic E-state index is 0. The lowest BCUT2D eigenvalue weighted by atomic mass is 10.0. The molecule has 8 heteroatoms. The zero-order valence-corrected chi connectivity index (χ0v) is 15.0. The van der Waals surface area contributed by atoms with Crippen LogP contribution in [0.3, 0.4) is 0 Å². The van der Waals surface area contributed by atoms with Crippen LogP contribution in [0.25, 0.3) is 0 Å². The maximum Gasteiger partial charge on any atom is 0.240 e. The number of hydrogen-bond donors (Lipinski definition) is 1. The van der Waals surface area contributed by atoms with Crippen LogP contribution in [-0.2, 0) is 14.6 Å². The molecule has 0 aromatic heterocycles. The number of rotatable bonds is 3. The summed E-state index contributed by atoms with van der Waals surface area (Å²) in [6.45, 7) is 3.71. The van der Waals surface area contributed by atoms with Gasteiger partial charge in [-0.1, -0.05) is 25.4 Å². The molecule has 1 heterocycles. The van der Waals surface area contributed by atoms with E-state index in [0.29, 0.717) is 10.6 Å². The molecule has 1 aromatic carbocycles. The molecule has 0 aliphatic carbocycles. The summed E-state index contributed by atoms with van der Waals surface area (Å²) in [6.07, 6.45) is 0. The molecular formula is C14H20Cl2N2O3S. The fraction of sp³-hybridized carbons (Fsp3) is 0.500. The molecule has 0 bridgehead atoms. The smallest absolute Gasteiger partial charge is 0.240 e. The first-order valence-corrected chi connectivity index (χ1v) is 8.72. The molecule has 1 aromatic rings. The van der Waals surface area contributed by atoms with Gasteiger partial charge in [-0.3, -0.25) is 4.79 Å². The summed E-state index contributed by atoms with van der Waals surface area (Å²) >= 11 is 5.96. The molecule has 1 aliphatic heterocycles. The van der Waals surface area contributed by atoms with Crippen LogP contribution >= 0.6 is 24.0 Å². The van der Waals surface area contributed by atoms with Gasteiger partial charge in [-0.05, 0) is 29.7 Å². The Balaban J connectivity index is 0.00000242. The monoisotopic (exact) mass is 366 g/mol. The minimum Gasteiger partial charge on any atom is -0.336 e. The molecule has 5 nitrogen and oxygen atoms in total. The van der Waals surface area contributed by atoms with E-state index in [1.54, 1.807) is 19.2 Å². The van der Waals surface area contributed by atoms with Crippen LogP contribution in [0.15, 0.2) is 23.1 Å². The van der Waals surface area contributed by atoms with Gasteiger partial charge >= 0.3 is 0 Å². The van der Waals surface area contributed by atoms with Crippen molar-refractivity contribution >= 4 is 39.8 Å². The second-order valence-electron chi connectivity index (χ2n) is 5.70. The summed E-state index contributed by atoms with van der Waals surface area (Å²) in [4.78, 5) is 14.0. The van der Waals surface area contributed by atoms with E-state index >= 15 is 0 Å². The molecule has 1 aliphatic rings. The summed E-state index contributed by atoms with van der Waals surface area (Å²) in [6, 6.07) is 3.45. The third-order valence-electron chi connectivity index (χ3n) is 3.86. The maximum atomic E-state index is 12.4. The molecule has 0 saturated carbocycles. The van der Waals surface area contributed by atoms with Gasteiger partial charge in [-0.15, -0.1) is 12.4 Å². The summed E-state index contributed by atoms with van der Waals surface area (Å²) < 4.78 is 24.4. The molecule has 22 heavy (non-hydrogen) atoms. The Hall–Kier alpha value is -0.820. The maximum absolute atomic E-state index is 12.4. The van der Waals surface area contributed by atoms with Crippen LogP contribution in [0.2, 0.25) is 5.02 Å². The van der Waals surface area contributed by atoms with E-state index in [0.717, 1.165) is 0 Å². The number of nitrogens with two attached hydrogens (primary N) is 1. The summed E-state index contributed by atoms with van der Waals surface area (Å²) in [7, 11) is -1.81. The van der Waals surface area contributed by atoms with Crippen LogP contribution < -0.4 is 5.73 Å². The molecular weight excluding hydrogens is 347 g/mol. The van der Waals surface area contributed by atoms with Gasteiger partial charge in [0.05, 0.1) is 22.7 Å². The minimum atomic E-state index is -3.39. The van der Waals surface area contributed by atoms with Gasteiger partial charge in [0.15, 0.2) is 9.84 Å². The topological polar surface area (TPSA) is 80.5 Å². The third-order valence-corrected chi connectivity index (χ3v) is 5.89. The summed E-state index contributed by atoms with van der Waals surface area (Å²) in [5.74, 6) is -0.412. The summed E-state index contributed by atoms with van der Waals surface area (Å²) in [5.41, 5.74) is 6.44. The largest absolute Gasteiger partial charge is 0.336 e. The molecule has 124 valence electrons. The number of amides is 1. The van der Waals surface area contributed by atoms with Crippen molar-refractivity contribution < 1.29 is 13.2 Å². The van der Waals surface area contributed by atoms with Crippen molar-refractivity contribution in [2.75, 3.05) is 12.8 Å². The predicted molar refractivity (Wildman–Crippen MR) is 89.1 cm³/mol. The van der Waals surface area contributed by atoms with E-state index in [-0.39, 0.29) is 34.9 Å². The van der Waals surface area contributed by atoms with Crippen molar-refractivity contribution in [3.05, 3.63) is 28.8 Å². The first-order chi connectivity index (χ1) is 9.65. The van der Waals surface area contributed by atoms with E-state index < -0.39 is 21.9 Å². The quantitative estimate of drug-likeness (QED) is 0.887.